The van der Waals surface area contributed by atoms with Crippen molar-refractivity contribution in [3.63, 3.8) is 0 Å². The van der Waals surface area contributed by atoms with Gasteiger partial charge in [0.25, 0.3) is 0 Å². The molecule has 0 heterocycles. The fourth-order valence-corrected chi connectivity index (χ4v) is 0.993. The molecule has 0 rings (SSSR count). The molecule has 5 heteroatoms. The molecule has 0 aromatic carbocycles. The lowest BCUT2D eigenvalue weighted by Crippen LogP contribution is -2.44. The molecule has 0 bridgehead atoms. The molecule has 0 aromatic rings. The van der Waals surface area contributed by atoms with Crippen molar-refractivity contribution in [2.75, 3.05) is 13.2 Å². The summed E-state index contributed by atoms with van der Waals surface area (Å²) in [7, 11) is 0. The first-order chi connectivity index (χ1) is 5.99. The molecule has 0 aromatic heterocycles. The van der Waals surface area contributed by atoms with E-state index in [4.69, 9.17) is 5.11 Å². The van der Waals surface area contributed by atoms with Crippen molar-refractivity contribution in [2.45, 2.75) is 19.9 Å². The zero-order valence-electron chi connectivity index (χ0n) is 7.95. The zero-order valence-corrected chi connectivity index (χ0v) is 8.84. The molecule has 0 unspecified atom stereocenters. The summed E-state index contributed by atoms with van der Waals surface area (Å²) < 4.78 is 0. The molecule has 2 N–H and O–H groups in total. The molecule has 13 heavy (non-hydrogen) atoms. The maximum absolute atomic E-state index is 11.4. The van der Waals surface area contributed by atoms with Crippen LogP contribution in [0.4, 0.5) is 4.79 Å². The first kappa shape index (κ1) is 12.3. The molecule has 4 nitrogen and oxygen atoms in total. The van der Waals surface area contributed by atoms with Crippen molar-refractivity contribution in [2.24, 2.45) is 0 Å². The van der Waals surface area contributed by atoms with E-state index in [0.717, 1.165) is 0 Å². The Morgan fingerprint density at radius 3 is 2.54 bits per heavy atom. The molecule has 0 atom stereocenters. The standard InChI is InChI=1S/C8H16N2O2S/c1-6(2)10(4-5-11)8(12)9-7(3)13/h6,11,13H,3-5H2,1-2H3,(H,9,12). The number of hydrogen-bond acceptors (Lipinski definition) is 3. The van der Waals surface area contributed by atoms with E-state index >= 15 is 0 Å². The number of rotatable bonds is 4. The van der Waals surface area contributed by atoms with E-state index in [1.165, 1.54) is 4.90 Å². The molecule has 2 amide bonds. The molecule has 76 valence electrons. The smallest absolute Gasteiger partial charge is 0.322 e. The predicted molar refractivity (Wildman–Crippen MR) is 55.6 cm³/mol. The SMILES string of the molecule is C=C(S)NC(=O)N(CCO)C(C)C. The molecule has 0 radical (unpaired) electrons. The van der Waals surface area contributed by atoms with Crippen LogP contribution in [-0.4, -0.2) is 35.2 Å². The molecule has 0 fully saturated rings. The third-order valence-corrected chi connectivity index (χ3v) is 1.59. The number of amides is 2. The molecule has 0 aliphatic heterocycles. The fourth-order valence-electron chi connectivity index (χ4n) is 0.897. The van der Waals surface area contributed by atoms with Gasteiger partial charge < -0.3 is 15.3 Å². The highest BCUT2D eigenvalue weighted by atomic mass is 32.1. The fraction of sp³-hybridized carbons (Fsp3) is 0.625. The molecule has 0 aliphatic rings. The van der Waals surface area contributed by atoms with E-state index in [2.05, 4.69) is 24.5 Å². The quantitative estimate of drug-likeness (QED) is 0.593. The number of hydrogen-bond donors (Lipinski definition) is 3. The molecule has 0 saturated carbocycles. The van der Waals surface area contributed by atoms with Gasteiger partial charge in [-0.2, -0.15) is 0 Å². The van der Waals surface area contributed by atoms with Crippen molar-refractivity contribution < 1.29 is 9.90 Å². The second-order valence-corrected chi connectivity index (χ2v) is 3.43. The van der Waals surface area contributed by atoms with Gasteiger partial charge in [0.15, 0.2) is 0 Å². The van der Waals surface area contributed by atoms with Gasteiger partial charge in [0.1, 0.15) is 0 Å². The first-order valence-corrected chi connectivity index (χ1v) is 4.50. The average molecular weight is 204 g/mol. The van der Waals surface area contributed by atoms with Crippen molar-refractivity contribution in [3.8, 4) is 0 Å². The van der Waals surface area contributed by atoms with Crippen LogP contribution in [0.1, 0.15) is 13.8 Å². The lowest BCUT2D eigenvalue weighted by molar-refractivity contribution is 0.164. The molecule has 0 spiro atoms. The van der Waals surface area contributed by atoms with Crippen molar-refractivity contribution in [1.29, 1.82) is 0 Å². The Kier molecular flexibility index (Phi) is 5.57. The van der Waals surface area contributed by atoms with Crippen molar-refractivity contribution in [3.05, 3.63) is 11.6 Å². The minimum absolute atomic E-state index is 0.0415. The lowest BCUT2D eigenvalue weighted by Gasteiger charge is -2.25. The summed E-state index contributed by atoms with van der Waals surface area (Å²) in [6, 6.07) is -0.246. The van der Waals surface area contributed by atoms with E-state index in [9.17, 15) is 4.79 Å². The number of carbonyl (C=O) groups excluding carboxylic acids is 1. The van der Waals surface area contributed by atoms with E-state index in [1.807, 2.05) is 13.8 Å². The van der Waals surface area contributed by atoms with Gasteiger partial charge in [0, 0.05) is 12.6 Å². The number of aliphatic hydroxyl groups is 1. The number of aliphatic hydroxyl groups excluding tert-OH is 1. The van der Waals surface area contributed by atoms with Crippen LogP contribution in [0.3, 0.4) is 0 Å². The Morgan fingerprint density at radius 2 is 2.23 bits per heavy atom. The van der Waals surface area contributed by atoms with Gasteiger partial charge in [-0.25, -0.2) is 4.79 Å². The molecular formula is C8H16N2O2S. The topological polar surface area (TPSA) is 52.6 Å². The zero-order chi connectivity index (χ0) is 10.4. The van der Waals surface area contributed by atoms with Gasteiger partial charge >= 0.3 is 6.03 Å². The summed E-state index contributed by atoms with van der Waals surface area (Å²) in [4.78, 5) is 12.9. The maximum atomic E-state index is 11.4. The van der Waals surface area contributed by atoms with Crippen LogP contribution >= 0.6 is 12.6 Å². The Hall–Kier alpha value is -0.680. The van der Waals surface area contributed by atoms with Gasteiger partial charge in [0.2, 0.25) is 0 Å². The van der Waals surface area contributed by atoms with Crippen LogP contribution < -0.4 is 5.32 Å². The van der Waals surface area contributed by atoms with Crippen LogP contribution in [0, 0.1) is 0 Å². The lowest BCUT2D eigenvalue weighted by atomic mass is 10.3. The van der Waals surface area contributed by atoms with Gasteiger partial charge in [-0.05, 0) is 13.8 Å². The van der Waals surface area contributed by atoms with E-state index in [1.54, 1.807) is 0 Å². The second kappa shape index (κ2) is 5.88. The normalized spacial score (nSPS) is 9.92. The third-order valence-electron chi connectivity index (χ3n) is 1.48. The minimum Gasteiger partial charge on any atom is -0.395 e. The molecule has 0 saturated heterocycles. The van der Waals surface area contributed by atoms with E-state index in [0.29, 0.717) is 11.6 Å². The van der Waals surface area contributed by atoms with Crippen LogP contribution in [0.5, 0.6) is 0 Å². The second-order valence-electron chi connectivity index (χ2n) is 2.89. The van der Waals surface area contributed by atoms with Crippen LogP contribution in [0.2, 0.25) is 0 Å². The molecule has 0 aliphatic carbocycles. The summed E-state index contributed by atoms with van der Waals surface area (Å²) >= 11 is 3.85. The summed E-state index contributed by atoms with van der Waals surface area (Å²) in [6.45, 7) is 7.44. The van der Waals surface area contributed by atoms with Gasteiger partial charge in [-0.15, -0.1) is 12.6 Å². The van der Waals surface area contributed by atoms with Gasteiger partial charge in [-0.3, -0.25) is 0 Å². The largest absolute Gasteiger partial charge is 0.395 e. The first-order valence-electron chi connectivity index (χ1n) is 4.05. The predicted octanol–water partition coefficient (Wildman–Crippen LogP) is 0.800. The monoisotopic (exact) mass is 204 g/mol. The van der Waals surface area contributed by atoms with Crippen LogP contribution in [0.25, 0.3) is 0 Å². The van der Waals surface area contributed by atoms with E-state index in [-0.39, 0.29) is 18.7 Å². The summed E-state index contributed by atoms with van der Waals surface area (Å²) in [6.07, 6.45) is 0. The van der Waals surface area contributed by atoms with Crippen LogP contribution in [0.15, 0.2) is 11.6 Å². The van der Waals surface area contributed by atoms with Crippen molar-refractivity contribution in [1.82, 2.24) is 10.2 Å². The number of urea groups is 1. The average Bonchev–Trinajstić information content (AvgIpc) is 1.97. The minimum atomic E-state index is -0.288. The third kappa shape index (κ3) is 4.80. The Bertz CT molecular complexity index is 195. The Labute approximate surface area is 84.0 Å². The molecular weight excluding hydrogens is 188 g/mol. The number of carbonyl (C=O) groups is 1. The van der Waals surface area contributed by atoms with Crippen molar-refractivity contribution >= 4 is 18.7 Å². The Morgan fingerprint density at radius 1 is 1.69 bits per heavy atom. The summed E-state index contributed by atoms with van der Waals surface area (Å²) in [5.41, 5.74) is 0. The number of thiol groups is 1. The summed E-state index contributed by atoms with van der Waals surface area (Å²) in [5.74, 6) is 0. The maximum Gasteiger partial charge on any atom is 0.322 e. The van der Waals surface area contributed by atoms with Gasteiger partial charge in [-0.1, -0.05) is 6.58 Å². The van der Waals surface area contributed by atoms with Crippen LogP contribution in [-0.2, 0) is 0 Å². The Balaban J connectivity index is 4.19. The highest BCUT2D eigenvalue weighted by Gasteiger charge is 2.15. The highest BCUT2D eigenvalue weighted by Crippen LogP contribution is 2.00. The highest BCUT2D eigenvalue weighted by molar-refractivity contribution is 7.84. The number of nitrogens with zero attached hydrogens (tertiary/aromatic N) is 1. The summed E-state index contributed by atoms with van der Waals surface area (Å²) in [5, 5.41) is 11.5. The van der Waals surface area contributed by atoms with E-state index < -0.39 is 0 Å². The van der Waals surface area contributed by atoms with Gasteiger partial charge in [0.05, 0.1) is 11.6 Å². The number of nitrogens with one attached hydrogen (secondary N) is 1.